The predicted molar refractivity (Wildman–Crippen MR) is 100 cm³/mol. The Hall–Kier alpha value is -3.01. The number of rotatable bonds is 6. The van der Waals surface area contributed by atoms with Crippen LogP contribution in [0.25, 0.3) is 0 Å². The highest BCUT2D eigenvalue weighted by Crippen LogP contribution is 2.37. The fourth-order valence-corrected chi connectivity index (χ4v) is 3.06. The average molecular weight is 454 g/mol. The van der Waals surface area contributed by atoms with E-state index < -0.39 is 16.6 Å². The molecule has 0 aliphatic carbocycles. The van der Waals surface area contributed by atoms with Gasteiger partial charge in [0.05, 0.1) is 25.2 Å². The maximum atomic E-state index is 12.5. The summed E-state index contributed by atoms with van der Waals surface area (Å²) in [7, 11) is 2.71. The van der Waals surface area contributed by atoms with E-state index in [1.54, 1.807) is 12.1 Å². The van der Waals surface area contributed by atoms with Crippen LogP contribution in [0, 0.1) is 10.1 Å². The predicted octanol–water partition coefficient (Wildman–Crippen LogP) is 3.50. The maximum Gasteiger partial charge on any atom is 0.345 e. The summed E-state index contributed by atoms with van der Waals surface area (Å²) in [5.74, 6) is 0.580. The van der Waals surface area contributed by atoms with Gasteiger partial charge in [0, 0.05) is 16.1 Å². The van der Waals surface area contributed by atoms with Crippen LogP contribution >= 0.6 is 15.9 Å². The molecule has 0 atom stereocenters. The number of esters is 1. The number of benzene rings is 2. The van der Waals surface area contributed by atoms with Gasteiger partial charge in [0.2, 0.25) is 0 Å². The van der Waals surface area contributed by atoms with Gasteiger partial charge in [-0.1, -0.05) is 15.9 Å². The first kappa shape index (κ1) is 19.7. The van der Waals surface area contributed by atoms with E-state index in [1.165, 1.54) is 20.3 Å². The minimum absolute atomic E-state index is 0.123. The Morgan fingerprint density at radius 1 is 1.11 bits per heavy atom. The molecule has 10 heteroatoms. The Balaban J connectivity index is 1.84. The number of nitro groups is 1. The van der Waals surface area contributed by atoms with Gasteiger partial charge in [-0.05, 0) is 12.1 Å². The van der Waals surface area contributed by atoms with E-state index in [1.807, 2.05) is 0 Å². The molecule has 0 fully saturated rings. The molecule has 1 heterocycles. The van der Waals surface area contributed by atoms with E-state index in [4.69, 9.17) is 23.7 Å². The first-order valence-electron chi connectivity index (χ1n) is 8.10. The van der Waals surface area contributed by atoms with Crippen molar-refractivity contribution in [2.24, 2.45) is 0 Å². The normalized spacial score (nSPS) is 12.2. The first-order chi connectivity index (χ1) is 13.4. The van der Waals surface area contributed by atoms with Crippen molar-refractivity contribution in [3.63, 3.8) is 0 Å². The van der Waals surface area contributed by atoms with Gasteiger partial charge < -0.3 is 23.7 Å². The number of fused-ring (bicyclic) bond motifs is 1. The van der Waals surface area contributed by atoms with E-state index in [0.29, 0.717) is 34.7 Å². The summed E-state index contributed by atoms with van der Waals surface area (Å²) in [5.41, 5.74) is -0.0547. The van der Waals surface area contributed by atoms with Gasteiger partial charge in [0.1, 0.15) is 25.4 Å². The minimum atomic E-state index is -0.866. The third-order valence-electron chi connectivity index (χ3n) is 3.99. The highest BCUT2D eigenvalue weighted by atomic mass is 79.9. The van der Waals surface area contributed by atoms with Gasteiger partial charge in [0.25, 0.3) is 5.69 Å². The lowest BCUT2D eigenvalue weighted by Crippen LogP contribution is -2.16. The lowest BCUT2D eigenvalue weighted by Gasteiger charge is -2.20. The second-order valence-electron chi connectivity index (χ2n) is 5.64. The molecular weight excluding hydrogens is 438 g/mol. The van der Waals surface area contributed by atoms with Crippen LogP contribution < -0.4 is 18.9 Å². The zero-order valence-corrected chi connectivity index (χ0v) is 16.6. The van der Waals surface area contributed by atoms with Crippen LogP contribution in [0.5, 0.6) is 23.0 Å². The molecule has 3 rings (SSSR count). The Labute approximate surface area is 168 Å². The smallest absolute Gasteiger partial charge is 0.345 e. The Kier molecular flexibility index (Phi) is 5.88. The zero-order valence-electron chi connectivity index (χ0n) is 15.0. The molecule has 0 bridgehead atoms. The van der Waals surface area contributed by atoms with Crippen molar-refractivity contribution < 1.29 is 33.4 Å². The third-order valence-corrected chi connectivity index (χ3v) is 4.73. The average Bonchev–Trinajstić information content (AvgIpc) is 2.70. The molecule has 0 spiro atoms. The molecule has 1 aliphatic rings. The number of hydrogen-bond acceptors (Lipinski definition) is 8. The second kappa shape index (κ2) is 8.34. The lowest BCUT2D eigenvalue weighted by atomic mass is 10.1. The minimum Gasteiger partial charge on any atom is -0.493 e. The van der Waals surface area contributed by atoms with E-state index in [-0.39, 0.29) is 23.7 Å². The van der Waals surface area contributed by atoms with Crippen LogP contribution in [-0.4, -0.2) is 38.3 Å². The van der Waals surface area contributed by atoms with Gasteiger partial charge in [-0.15, -0.1) is 0 Å². The van der Waals surface area contributed by atoms with Crippen LogP contribution in [0.1, 0.15) is 15.9 Å². The molecule has 2 aromatic rings. The molecule has 9 nitrogen and oxygen atoms in total. The third kappa shape index (κ3) is 3.96. The summed E-state index contributed by atoms with van der Waals surface area (Å²) >= 11 is 3.39. The van der Waals surface area contributed by atoms with E-state index >= 15 is 0 Å². The molecule has 0 aromatic heterocycles. The van der Waals surface area contributed by atoms with Crippen molar-refractivity contribution in [3.05, 3.63) is 50.0 Å². The van der Waals surface area contributed by atoms with Crippen LogP contribution in [0.15, 0.2) is 28.7 Å². The summed E-state index contributed by atoms with van der Waals surface area (Å²) < 4.78 is 27.1. The molecule has 0 saturated carbocycles. The molecule has 148 valence electrons. The number of ether oxygens (including phenoxy) is 5. The Morgan fingerprint density at radius 3 is 2.32 bits per heavy atom. The summed E-state index contributed by atoms with van der Waals surface area (Å²) in [6.07, 6.45) is 0. The molecule has 0 radical (unpaired) electrons. The molecule has 0 unspecified atom stereocenters. The summed E-state index contributed by atoms with van der Waals surface area (Å²) in [6.45, 7) is 0.754. The number of carbonyl (C=O) groups is 1. The van der Waals surface area contributed by atoms with Crippen LogP contribution in [0.2, 0.25) is 0 Å². The molecule has 0 amide bonds. The number of nitro benzene ring substituents is 1. The Morgan fingerprint density at radius 2 is 1.71 bits per heavy atom. The molecule has 0 saturated heterocycles. The SMILES string of the molecule is COc1cc(C(=O)OCc2cc3c(cc2Br)OCCO3)c([N+](=O)[O-])cc1OC. The highest BCUT2D eigenvalue weighted by Gasteiger charge is 2.26. The molecule has 2 aromatic carbocycles. The van der Waals surface area contributed by atoms with Crippen molar-refractivity contribution in [2.45, 2.75) is 6.61 Å². The Bertz CT molecular complexity index is 930. The van der Waals surface area contributed by atoms with Crippen molar-refractivity contribution in [1.29, 1.82) is 0 Å². The second-order valence-corrected chi connectivity index (χ2v) is 6.50. The van der Waals surface area contributed by atoms with Crippen LogP contribution in [0.4, 0.5) is 5.69 Å². The molecule has 0 N–H and O–H groups in total. The van der Waals surface area contributed by atoms with Crippen molar-refractivity contribution in [1.82, 2.24) is 0 Å². The topological polar surface area (TPSA) is 106 Å². The maximum absolute atomic E-state index is 12.5. The quantitative estimate of drug-likeness (QED) is 0.371. The first-order valence-corrected chi connectivity index (χ1v) is 8.89. The van der Waals surface area contributed by atoms with E-state index in [0.717, 1.165) is 6.07 Å². The van der Waals surface area contributed by atoms with Crippen molar-refractivity contribution in [2.75, 3.05) is 27.4 Å². The molecule has 1 aliphatic heterocycles. The molecular formula is C18H16BrNO8. The van der Waals surface area contributed by atoms with E-state index in [9.17, 15) is 14.9 Å². The van der Waals surface area contributed by atoms with Crippen molar-refractivity contribution >= 4 is 27.6 Å². The standard InChI is InChI=1S/C18H16BrNO8/c1-24-14-6-11(13(20(22)23)8-15(14)25-2)18(21)28-9-10-5-16-17(7-12(10)19)27-4-3-26-16/h5-8H,3-4,9H2,1-2H3. The lowest BCUT2D eigenvalue weighted by molar-refractivity contribution is -0.385. The van der Waals surface area contributed by atoms with Crippen LogP contribution in [-0.2, 0) is 11.3 Å². The fraction of sp³-hybridized carbons (Fsp3) is 0.278. The van der Waals surface area contributed by atoms with Gasteiger partial charge in [-0.3, -0.25) is 10.1 Å². The number of nitrogens with zero attached hydrogens (tertiary/aromatic N) is 1. The monoisotopic (exact) mass is 453 g/mol. The van der Waals surface area contributed by atoms with E-state index in [2.05, 4.69) is 15.9 Å². The zero-order chi connectivity index (χ0) is 20.3. The molecule has 28 heavy (non-hydrogen) atoms. The number of methoxy groups -OCH3 is 2. The van der Waals surface area contributed by atoms with Gasteiger partial charge in [0.15, 0.2) is 23.0 Å². The number of halogens is 1. The largest absolute Gasteiger partial charge is 0.493 e. The van der Waals surface area contributed by atoms with Crippen LogP contribution in [0.3, 0.4) is 0 Å². The number of hydrogen-bond donors (Lipinski definition) is 0. The van der Waals surface area contributed by atoms with Gasteiger partial charge in [-0.25, -0.2) is 4.79 Å². The summed E-state index contributed by atoms with van der Waals surface area (Å²) in [4.78, 5) is 23.2. The summed E-state index contributed by atoms with van der Waals surface area (Å²) in [5, 5.41) is 11.3. The van der Waals surface area contributed by atoms with Gasteiger partial charge in [-0.2, -0.15) is 0 Å². The fourth-order valence-electron chi connectivity index (χ4n) is 2.62. The number of carbonyl (C=O) groups excluding carboxylic acids is 1. The van der Waals surface area contributed by atoms with Gasteiger partial charge >= 0.3 is 5.97 Å². The van der Waals surface area contributed by atoms with Crippen molar-refractivity contribution in [3.8, 4) is 23.0 Å². The highest BCUT2D eigenvalue weighted by molar-refractivity contribution is 9.10. The summed E-state index contributed by atoms with van der Waals surface area (Å²) in [6, 6.07) is 5.75.